The molecule has 0 radical (unpaired) electrons. The van der Waals surface area contributed by atoms with Crippen LogP contribution in [0.1, 0.15) is 26.2 Å². The van der Waals surface area contributed by atoms with Gasteiger partial charge in [0.2, 0.25) is 17.7 Å². The highest BCUT2D eigenvalue weighted by molar-refractivity contribution is 5.76. The molecule has 4 aliphatic rings. The van der Waals surface area contributed by atoms with E-state index < -0.39 is 111 Å². The van der Waals surface area contributed by atoms with Gasteiger partial charge < -0.3 is 138 Å². The Morgan fingerprint density at radius 3 is 1.10 bits per heavy atom. The fourth-order valence-electron chi connectivity index (χ4n) is 8.16. The average molecular weight is 1210 g/mol. The summed E-state index contributed by atoms with van der Waals surface area (Å²) in [6, 6.07) is 0. The molecule has 83 heavy (non-hydrogen) atoms. The topological polar surface area (TPSA) is 447 Å². The number of hydrogen-bond donors (Lipinski definition) is 13. The van der Waals surface area contributed by atoms with E-state index in [4.69, 9.17) is 80.8 Å². The second-order valence-electron chi connectivity index (χ2n) is 19.8. The van der Waals surface area contributed by atoms with Crippen molar-refractivity contribution in [1.29, 1.82) is 0 Å². The minimum atomic E-state index is -1.54. The lowest BCUT2D eigenvalue weighted by Crippen LogP contribution is -2.59. The van der Waals surface area contributed by atoms with Crippen molar-refractivity contribution in [3.63, 3.8) is 0 Å². The fraction of sp³-hybridized carbons (Fsp3) is 0.940. The minimum absolute atomic E-state index is 0.00672. The number of carbonyl (C=O) groups excluding carboxylic acids is 3. The van der Waals surface area contributed by atoms with Gasteiger partial charge in [0.05, 0.1) is 152 Å². The van der Waals surface area contributed by atoms with Crippen molar-refractivity contribution >= 4 is 17.7 Å². The first-order chi connectivity index (χ1) is 40.1. The number of aliphatic hydroxyl groups is 10. The van der Waals surface area contributed by atoms with E-state index in [1.807, 2.05) is 6.92 Å². The van der Waals surface area contributed by atoms with Crippen molar-refractivity contribution in [2.24, 2.45) is 5.41 Å². The van der Waals surface area contributed by atoms with E-state index in [2.05, 4.69) is 16.0 Å². The third-order valence-corrected chi connectivity index (χ3v) is 12.9. The highest BCUT2D eigenvalue weighted by atomic mass is 17.2. The summed E-state index contributed by atoms with van der Waals surface area (Å²) in [5, 5.41) is 107. The van der Waals surface area contributed by atoms with Gasteiger partial charge in [-0.3, -0.25) is 14.4 Å². The van der Waals surface area contributed by atoms with Gasteiger partial charge >= 0.3 is 0 Å². The Bertz CT molecular complexity index is 1580. The van der Waals surface area contributed by atoms with E-state index >= 15 is 0 Å². The largest absolute Gasteiger partial charge is 0.394 e. The van der Waals surface area contributed by atoms with E-state index in [1.54, 1.807) is 0 Å². The lowest BCUT2D eigenvalue weighted by Gasteiger charge is -2.39. The van der Waals surface area contributed by atoms with E-state index in [0.717, 1.165) is 0 Å². The van der Waals surface area contributed by atoms with Crippen LogP contribution in [0.3, 0.4) is 0 Å². The summed E-state index contributed by atoms with van der Waals surface area (Å²) in [6.45, 7) is 4.53. The zero-order valence-electron chi connectivity index (χ0n) is 47.0. The Hall–Kier alpha value is -2.67. The van der Waals surface area contributed by atoms with Crippen LogP contribution in [0.4, 0.5) is 0 Å². The smallest absolute Gasteiger partial charge is 0.222 e. The molecule has 6 unspecified atom stereocenters. The third kappa shape index (κ3) is 27.9. The second kappa shape index (κ2) is 42.3. The highest BCUT2D eigenvalue weighted by Crippen LogP contribution is 2.29. The van der Waals surface area contributed by atoms with Crippen molar-refractivity contribution in [3.8, 4) is 0 Å². The standard InChI is InChI=1S/C50H91N3O30/c1-50(29-73-8-2-35(56)51-5-11-67-14-17-70-20-23-76-47-43(64)40(61)38(59)32(26-54)80-47,30-74-9-3-36(57)52-6-12-68-15-18-71-21-24-77-48-44(65)41(62)39(60)33(27-55)81-48)31-75-10-4-37(58)53-7-13-69-16-19-72-22-25-78-49-45(66)42(63)46-34(82-49)28-79-83-46/h32-34,38-49,54-55,59-66H,2-31H2,1H3,(H,51,56)(H,52,57)(H,53,58)/t32?,33?,34?,38-,39-,40?,41?,42?,43-,44-,45-,46-,47+,48+,49+,50?/m1/s1. The van der Waals surface area contributed by atoms with Gasteiger partial charge in [-0.2, -0.15) is 0 Å². The van der Waals surface area contributed by atoms with Crippen LogP contribution in [0.15, 0.2) is 0 Å². The van der Waals surface area contributed by atoms with E-state index in [-0.39, 0.29) is 202 Å². The van der Waals surface area contributed by atoms with Crippen LogP contribution in [-0.4, -0.2) is 339 Å². The molecule has 33 nitrogen and oxygen atoms in total. The van der Waals surface area contributed by atoms with E-state index in [9.17, 15) is 65.4 Å². The molecule has 4 rings (SSSR count). The number of nitrogens with one attached hydrogen (secondary N) is 3. The van der Waals surface area contributed by atoms with Crippen LogP contribution in [-0.2, 0) is 95.2 Å². The quantitative estimate of drug-likeness (QED) is 0.0199. The van der Waals surface area contributed by atoms with Crippen LogP contribution in [0, 0.1) is 5.41 Å². The van der Waals surface area contributed by atoms with Crippen molar-refractivity contribution in [2.45, 2.75) is 118 Å². The number of amides is 3. The maximum Gasteiger partial charge on any atom is 0.222 e. The predicted octanol–water partition coefficient (Wildman–Crippen LogP) is -7.91. The zero-order chi connectivity index (χ0) is 60.2. The van der Waals surface area contributed by atoms with Crippen molar-refractivity contribution in [1.82, 2.24) is 16.0 Å². The number of hydrogen-bond acceptors (Lipinski definition) is 30. The summed E-state index contributed by atoms with van der Waals surface area (Å²) >= 11 is 0. The number of ether oxygens (including phenoxy) is 15. The van der Waals surface area contributed by atoms with E-state index in [1.165, 1.54) is 0 Å². The Kier molecular flexibility index (Phi) is 37.1. The molecule has 4 saturated heterocycles. The summed E-state index contributed by atoms with van der Waals surface area (Å²) in [4.78, 5) is 47.3. The first-order valence-corrected chi connectivity index (χ1v) is 27.8. The van der Waals surface area contributed by atoms with Gasteiger partial charge in [0.25, 0.3) is 0 Å². The predicted molar refractivity (Wildman–Crippen MR) is 275 cm³/mol. The molecule has 4 fully saturated rings. The Balaban J connectivity index is 1.03. The average Bonchev–Trinajstić information content (AvgIpc) is 4.18. The van der Waals surface area contributed by atoms with Crippen LogP contribution in [0.5, 0.6) is 0 Å². The lowest BCUT2D eigenvalue weighted by atomic mass is 9.94. The molecule has 13 N–H and O–H groups in total. The van der Waals surface area contributed by atoms with Crippen LogP contribution in [0.25, 0.3) is 0 Å². The van der Waals surface area contributed by atoms with Gasteiger partial charge in [-0.1, -0.05) is 6.92 Å². The fourth-order valence-corrected chi connectivity index (χ4v) is 8.16. The van der Waals surface area contributed by atoms with E-state index in [0.29, 0.717) is 0 Å². The Labute approximate surface area is 481 Å². The molecule has 3 amide bonds. The van der Waals surface area contributed by atoms with Crippen LogP contribution in [0.2, 0.25) is 0 Å². The molecule has 0 bridgehead atoms. The molecule has 0 spiro atoms. The second-order valence-corrected chi connectivity index (χ2v) is 19.8. The van der Waals surface area contributed by atoms with Crippen molar-refractivity contribution in [2.75, 3.05) is 178 Å². The molecule has 33 heteroatoms. The van der Waals surface area contributed by atoms with Gasteiger partial charge in [-0.25, -0.2) is 9.78 Å². The highest BCUT2D eigenvalue weighted by Gasteiger charge is 2.50. The molecule has 0 aromatic heterocycles. The van der Waals surface area contributed by atoms with Gasteiger partial charge in [0.1, 0.15) is 79.9 Å². The molecule has 486 valence electrons. The van der Waals surface area contributed by atoms with Gasteiger partial charge in [-0.15, -0.1) is 0 Å². The normalized spacial score (nSPS) is 29.7. The minimum Gasteiger partial charge on any atom is -0.394 e. The van der Waals surface area contributed by atoms with Gasteiger partial charge in [0, 0.05) is 44.3 Å². The number of aliphatic hydroxyl groups excluding tert-OH is 10. The maximum absolute atomic E-state index is 12.5. The van der Waals surface area contributed by atoms with Crippen LogP contribution >= 0.6 is 0 Å². The Morgan fingerprint density at radius 1 is 0.410 bits per heavy atom. The third-order valence-electron chi connectivity index (χ3n) is 12.9. The maximum atomic E-state index is 12.5. The molecule has 0 aromatic rings. The van der Waals surface area contributed by atoms with Crippen LogP contribution < -0.4 is 16.0 Å². The molecular formula is C50H91N3O30. The first-order valence-electron chi connectivity index (χ1n) is 27.8. The molecule has 4 aliphatic heterocycles. The first kappa shape index (κ1) is 72.8. The summed E-state index contributed by atoms with van der Waals surface area (Å²) in [5.41, 5.74) is -0.743. The van der Waals surface area contributed by atoms with Crippen molar-refractivity contribution in [3.05, 3.63) is 0 Å². The number of carbonyl (C=O) groups is 3. The molecule has 15 atom stereocenters. The van der Waals surface area contributed by atoms with Gasteiger partial charge in [0.15, 0.2) is 18.9 Å². The summed E-state index contributed by atoms with van der Waals surface area (Å²) in [7, 11) is 0. The summed E-state index contributed by atoms with van der Waals surface area (Å²) in [6.07, 6.45) is -18.5. The molecule has 0 aromatic carbocycles. The zero-order valence-corrected chi connectivity index (χ0v) is 47.0. The molecule has 0 saturated carbocycles. The molecule has 4 heterocycles. The lowest BCUT2D eigenvalue weighted by molar-refractivity contribution is -0.325. The molecule has 0 aliphatic carbocycles. The van der Waals surface area contributed by atoms with Gasteiger partial charge in [-0.05, 0) is 0 Å². The number of rotatable bonds is 47. The number of fused-ring (bicyclic) bond motifs is 1. The summed E-state index contributed by atoms with van der Waals surface area (Å²) in [5.74, 6) is -0.812. The monoisotopic (exact) mass is 1210 g/mol. The summed E-state index contributed by atoms with van der Waals surface area (Å²) < 4.78 is 82.8. The SMILES string of the molecule is CC(COCCC(=O)NCCOCCOCCO[C@H]1OC(CO)[C@@H](O)C(O)[C@H]1O)(COCCC(=O)NCCOCCOCCO[C@H]1OC(CO)[C@@H](O)C(O)[C@H]1O)COCCC(=O)NCCOCCOCCO[C@H]1OC2COO[C@H]2C(O)[C@H]1O. The Morgan fingerprint density at radius 2 is 0.735 bits per heavy atom. The van der Waals surface area contributed by atoms with Crippen molar-refractivity contribution < 1.29 is 146 Å². The molecular weight excluding hydrogens is 1120 g/mol.